The second-order valence-electron chi connectivity index (χ2n) is 7.12. The predicted octanol–water partition coefficient (Wildman–Crippen LogP) is 3.59. The fourth-order valence-electron chi connectivity index (χ4n) is 3.39. The van der Waals surface area contributed by atoms with Gasteiger partial charge in [0.2, 0.25) is 0 Å². The molecule has 0 saturated heterocycles. The minimum absolute atomic E-state index is 0.107. The Bertz CT molecular complexity index is 648. The maximum Gasteiger partial charge on any atom is 0.152 e. The van der Waals surface area contributed by atoms with E-state index in [9.17, 15) is 4.79 Å². The number of ether oxygens (including phenoxy) is 1. The zero-order chi connectivity index (χ0) is 18.9. The molecule has 1 aliphatic carbocycles. The second-order valence-corrected chi connectivity index (χ2v) is 7.12. The summed E-state index contributed by atoms with van der Waals surface area (Å²) in [6.45, 7) is 4.11. The van der Waals surface area contributed by atoms with Gasteiger partial charge >= 0.3 is 0 Å². The van der Waals surface area contributed by atoms with E-state index < -0.39 is 0 Å². The average molecular weight is 357 g/mol. The number of nitrogens with zero attached hydrogens (tertiary/aromatic N) is 1. The molecule has 1 aliphatic rings. The normalized spacial score (nSPS) is 21.3. The van der Waals surface area contributed by atoms with Crippen molar-refractivity contribution in [2.75, 3.05) is 6.61 Å². The molecule has 1 aromatic rings. The van der Waals surface area contributed by atoms with E-state index in [0.717, 1.165) is 25.0 Å². The number of hydrogen-bond acceptors (Lipinski definition) is 5. The number of pyridine rings is 1. The van der Waals surface area contributed by atoms with Crippen molar-refractivity contribution in [3.8, 4) is 5.75 Å². The van der Waals surface area contributed by atoms with Gasteiger partial charge in [0.25, 0.3) is 0 Å². The molecular weight excluding hydrogens is 326 g/mol. The van der Waals surface area contributed by atoms with E-state index in [1.165, 1.54) is 24.8 Å². The average Bonchev–Trinajstić information content (AvgIpc) is 2.80. The monoisotopic (exact) mass is 357 g/mol. The van der Waals surface area contributed by atoms with Crippen LogP contribution in [0, 0.1) is 5.92 Å². The van der Waals surface area contributed by atoms with Crippen molar-refractivity contribution in [3.63, 3.8) is 0 Å². The van der Waals surface area contributed by atoms with Gasteiger partial charge in [0, 0.05) is 6.04 Å². The van der Waals surface area contributed by atoms with E-state index in [4.69, 9.17) is 16.2 Å². The first kappa shape index (κ1) is 20.2. The van der Waals surface area contributed by atoms with Crippen LogP contribution in [0.2, 0.25) is 0 Å². The van der Waals surface area contributed by atoms with Crippen molar-refractivity contribution in [2.24, 2.45) is 17.4 Å². The Morgan fingerprint density at radius 3 is 2.85 bits per heavy atom. The Balaban J connectivity index is 1.91. The van der Waals surface area contributed by atoms with Crippen LogP contribution in [0.15, 0.2) is 36.1 Å². The van der Waals surface area contributed by atoms with E-state index in [0.29, 0.717) is 23.9 Å². The van der Waals surface area contributed by atoms with Gasteiger partial charge in [-0.25, -0.2) is 0 Å². The van der Waals surface area contributed by atoms with Gasteiger partial charge in [-0.05, 0) is 69.7 Å². The molecule has 0 spiro atoms. The number of carbonyl (C=O) groups excluding carboxylic acids is 1. The van der Waals surface area contributed by atoms with Gasteiger partial charge in [0.15, 0.2) is 5.78 Å². The molecule has 0 aromatic carbocycles. The minimum atomic E-state index is -0.107. The molecule has 1 aromatic heterocycles. The van der Waals surface area contributed by atoms with Crippen LogP contribution in [0.1, 0.15) is 58.1 Å². The van der Waals surface area contributed by atoms with E-state index in [1.807, 2.05) is 25.1 Å². The van der Waals surface area contributed by atoms with Crippen LogP contribution in [0.5, 0.6) is 5.75 Å². The Hall–Kier alpha value is -2.14. The summed E-state index contributed by atoms with van der Waals surface area (Å²) in [5.41, 5.74) is 14.2. The van der Waals surface area contributed by atoms with Crippen LogP contribution < -0.4 is 16.2 Å². The van der Waals surface area contributed by atoms with E-state index in [1.54, 1.807) is 19.2 Å². The Labute approximate surface area is 156 Å². The number of nitrogens with two attached hydrogens (primary N) is 2. The lowest BCUT2D eigenvalue weighted by Gasteiger charge is -2.18. The summed E-state index contributed by atoms with van der Waals surface area (Å²) in [5, 5.41) is 0. The number of ketones is 1. The van der Waals surface area contributed by atoms with Gasteiger partial charge in [0.05, 0.1) is 24.2 Å². The van der Waals surface area contributed by atoms with Gasteiger partial charge in [-0.2, -0.15) is 0 Å². The van der Waals surface area contributed by atoms with Crippen LogP contribution in [0.25, 0.3) is 5.70 Å². The molecule has 1 saturated carbocycles. The van der Waals surface area contributed by atoms with Gasteiger partial charge in [-0.3, -0.25) is 9.78 Å². The molecule has 5 nitrogen and oxygen atoms in total. The van der Waals surface area contributed by atoms with Crippen molar-refractivity contribution in [2.45, 2.75) is 58.4 Å². The lowest BCUT2D eigenvalue weighted by molar-refractivity contribution is -0.112. The number of rotatable bonds is 7. The van der Waals surface area contributed by atoms with Crippen molar-refractivity contribution >= 4 is 11.5 Å². The molecule has 0 bridgehead atoms. The summed E-state index contributed by atoms with van der Waals surface area (Å²) < 4.78 is 5.86. The van der Waals surface area contributed by atoms with Crippen LogP contribution in [0.4, 0.5) is 0 Å². The summed E-state index contributed by atoms with van der Waals surface area (Å²) in [5.74, 6) is 1.32. The largest absolute Gasteiger partial charge is 0.492 e. The first-order valence-corrected chi connectivity index (χ1v) is 9.49. The fourth-order valence-corrected chi connectivity index (χ4v) is 3.39. The first-order chi connectivity index (χ1) is 12.5. The van der Waals surface area contributed by atoms with Crippen LogP contribution in [-0.4, -0.2) is 23.4 Å². The van der Waals surface area contributed by atoms with Gasteiger partial charge in [0.1, 0.15) is 5.75 Å². The number of aromatic nitrogens is 1. The van der Waals surface area contributed by atoms with Crippen molar-refractivity contribution in [1.29, 1.82) is 0 Å². The highest BCUT2D eigenvalue weighted by Crippen LogP contribution is 2.30. The minimum Gasteiger partial charge on any atom is -0.492 e. The van der Waals surface area contributed by atoms with Gasteiger partial charge in [-0.15, -0.1) is 0 Å². The zero-order valence-electron chi connectivity index (χ0n) is 15.9. The molecule has 1 heterocycles. The molecule has 1 fully saturated rings. The maximum absolute atomic E-state index is 11.5. The lowest BCUT2D eigenvalue weighted by Crippen LogP contribution is -2.14. The molecular formula is C21H31N3O2. The SMILES string of the molecule is CC(=O)C=C1CCCCC[C@@H]1CCOc1ccc(/C(N)=C/C(C)N)nc1. The van der Waals surface area contributed by atoms with Crippen molar-refractivity contribution < 1.29 is 9.53 Å². The van der Waals surface area contributed by atoms with Gasteiger partial charge < -0.3 is 16.2 Å². The van der Waals surface area contributed by atoms with Crippen LogP contribution in [0.3, 0.4) is 0 Å². The summed E-state index contributed by atoms with van der Waals surface area (Å²) >= 11 is 0. The summed E-state index contributed by atoms with van der Waals surface area (Å²) in [7, 11) is 0. The number of carbonyl (C=O) groups is 1. The van der Waals surface area contributed by atoms with E-state index in [2.05, 4.69) is 4.98 Å². The molecule has 5 heteroatoms. The topological polar surface area (TPSA) is 91.2 Å². The molecule has 4 N–H and O–H groups in total. The molecule has 0 amide bonds. The first-order valence-electron chi connectivity index (χ1n) is 9.49. The molecule has 0 radical (unpaired) electrons. The summed E-state index contributed by atoms with van der Waals surface area (Å²) in [6, 6.07) is 3.62. The highest BCUT2D eigenvalue weighted by Gasteiger charge is 2.18. The molecule has 26 heavy (non-hydrogen) atoms. The zero-order valence-corrected chi connectivity index (χ0v) is 15.9. The third-order valence-electron chi connectivity index (χ3n) is 4.64. The number of allylic oxidation sites excluding steroid dienone is 2. The third kappa shape index (κ3) is 6.64. The highest BCUT2D eigenvalue weighted by molar-refractivity contribution is 5.88. The standard InChI is InChI=1S/C21H31N3O2/c1-15(22)12-20(23)21-9-8-19(14-24-21)26-11-10-17-6-4-3-5-7-18(17)13-16(2)25/h8-9,12-15,17H,3-7,10-11,22-23H2,1-2H3/b18-13?,20-12-/t15?,17-/m1/s1. The predicted molar refractivity (Wildman–Crippen MR) is 106 cm³/mol. The molecule has 0 aliphatic heterocycles. The smallest absolute Gasteiger partial charge is 0.152 e. The van der Waals surface area contributed by atoms with Gasteiger partial charge in [-0.1, -0.05) is 18.4 Å². The van der Waals surface area contributed by atoms with Crippen molar-refractivity contribution in [1.82, 2.24) is 4.98 Å². The van der Waals surface area contributed by atoms with E-state index >= 15 is 0 Å². The molecule has 1 unspecified atom stereocenters. The Morgan fingerprint density at radius 2 is 2.19 bits per heavy atom. The highest BCUT2D eigenvalue weighted by atomic mass is 16.5. The lowest BCUT2D eigenvalue weighted by atomic mass is 9.90. The second kappa shape index (κ2) is 10.1. The summed E-state index contributed by atoms with van der Waals surface area (Å²) in [6.07, 6.45) is 12.0. The molecule has 2 atom stereocenters. The number of hydrogen-bond donors (Lipinski definition) is 2. The maximum atomic E-state index is 11.5. The quantitative estimate of drug-likeness (QED) is 0.575. The third-order valence-corrected chi connectivity index (χ3v) is 4.64. The molecule has 2 rings (SSSR count). The fraction of sp³-hybridized carbons (Fsp3) is 0.524. The Morgan fingerprint density at radius 1 is 1.38 bits per heavy atom. The Kier molecular flexibility index (Phi) is 7.85. The van der Waals surface area contributed by atoms with Crippen LogP contribution in [-0.2, 0) is 4.79 Å². The van der Waals surface area contributed by atoms with Crippen molar-refractivity contribution in [3.05, 3.63) is 41.7 Å². The summed E-state index contributed by atoms with van der Waals surface area (Å²) in [4.78, 5) is 15.8. The molecule has 142 valence electrons. The van der Waals surface area contributed by atoms with E-state index in [-0.39, 0.29) is 11.8 Å². The van der Waals surface area contributed by atoms with Crippen LogP contribution >= 0.6 is 0 Å².